The van der Waals surface area contributed by atoms with Gasteiger partial charge in [-0.1, -0.05) is 18.2 Å². The number of aromatic hydroxyl groups is 1. The van der Waals surface area contributed by atoms with Gasteiger partial charge in [-0.05, 0) is 53.8 Å². The van der Waals surface area contributed by atoms with Crippen LogP contribution in [-0.4, -0.2) is 51.5 Å². The van der Waals surface area contributed by atoms with Crippen molar-refractivity contribution in [1.82, 2.24) is 4.90 Å². The maximum atomic E-state index is 11.2. The molecule has 3 aromatic rings. The molecular formula is C27H31NO5. The second kappa shape index (κ2) is 10.0. The van der Waals surface area contributed by atoms with Crippen LogP contribution in [0.15, 0.2) is 48.5 Å². The predicted molar refractivity (Wildman–Crippen MR) is 129 cm³/mol. The van der Waals surface area contributed by atoms with E-state index in [2.05, 4.69) is 11.0 Å². The van der Waals surface area contributed by atoms with Crippen LogP contribution >= 0.6 is 0 Å². The summed E-state index contributed by atoms with van der Waals surface area (Å²) in [6.07, 6.45) is 1.77. The predicted octanol–water partition coefficient (Wildman–Crippen LogP) is 4.69. The van der Waals surface area contributed by atoms with Crippen LogP contribution in [-0.2, 0) is 19.4 Å². The van der Waals surface area contributed by atoms with E-state index in [0.717, 1.165) is 54.9 Å². The largest absolute Gasteiger partial charge is 0.504 e. The Labute approximate surface area is 195 Å². The van der Waals surface area contributed by atoms with Gasteiger partial charge in [0.25, 0.3) is 0 Å². The standard InChI is InChI=1S/C27H31NO5/c1-30-20-9-10-21(24(16-20)32-3)26-22-17-28(13-11-18-7-5-6-8-23(18)31-2)14-12-19(22)15-25(33-4)27(26)29/h5-10,15-16,29H,11-14,17H2,1-4H3. The quantitative estimate of drug-likeness (QED) is 0.538. The lowest BCUT2D eigenvalue weighted by atomic mass is 9.89. The van der Waals surface area contributed by atoms with E-state index in [1.54, 1.807) is 28.4 Å². The number of fused-ring (bicyclic) bond motifs is 1. The van der Waals surface area contributed by atoms with Gasteiger partial charge < -0.3 is 24.1 Å². The molecule has 0 amide bonds. The minimum absolute atomic E-state index is 0.131. The van der Waals surface area contributed by atoms with Gasteiger partial charge in [-0.3, -0.25) is 4.90 Å². The van der Waals surface area contributed by atoms with Crippen molar-refractivity contribution < 1.29 is 24.1 Å². The number of phenols is 1. The average molecular weight is 450 g/mol. The first kappa shape index (κ1) is 22.8. The van der Waals surface area contributed by atoms with Crippen LogP contribution in [0.1, 0.15) is 16.7 Å². The maximum absolute atomic E-state index is 11.2. The van der Waals surface area contributed by atoms with Crippen molar-refractivity contribution in [3.63, 3.8) is 0 Å². The number of benzene rings is 3. The number of hydrogen-bond donors (Lipinski definition) is 1. The first-order chi connectivity index (χ1) is 16.1. The van der Waals surface area contributed by atoms with Crippen LogP contribution in [0.5, 0.6) is 28.7 Å². The lowest BCUT2D eigenvalue weighted by Crippen LogP contribution is -2.32. The third kappa shape index (κ3) is 4.57. The lowest BCUT2D eigenvalue weighted by Gasteiger charge is -2.31. The molecule has 6 nitrogen and oxygen atoms in total. The number of para-hydroxylation sites is 1. The molecule has 1 N–H and O–H groups in total. The van der Waals surface area contributed by atoms with E-state index in [9.17, 15) is 5.11 Å². The third-order valence-electron chi connectivity index (χ3n) is 6.33. The number of rotatable bonds is 8. The molecule has 1 aliphatic heterocycles. The van der Waals surface area contributed by atoms with E-state index >= 15 is 0 Å². The summed E-state index contributed by atoms with van der Waals surface area (Å²) in [5.74, 6) is 2.87. The minimum Gasteiger partial charge on any atom is -0.504 e. The molecule has 0 saturated carbocycles. The number of nitrogens with zero attached hydrogens (tertiary/aromatic N) is 1. The Morgan fingerprint density at radius 3 is 2.33 bits per heavy atom. The highest BCUT2D eigenvalue weighted by Gasteiger charge is 2.26. The van der Waals surface area contributed by atoms with Crippen molar-refractivity contribution in [2.24, 2.45) is 0 Å². The summed E-state index contributed by atoms with van der Waals surface area (Å²) in [5, 5.41) is 11.2. The molecule has 174 valence electrons. The highest BCUT2D eigenvalue weighted by Crippen LogP contribution is 2.47. The molecule has 1 heterocycles. The van der Waals surface area contributed by atoms with Gasteiger partial charge in [-0.2, -0.15) is 0 Å². The Balaban J connectivity index is 1.69. The van der Waals surface area contributed by atoms with E-state index < -0.39 is 0 Å². The van der Waals surface area contributed by atoms with Gasteiger partial charge in [-0.15, -0.1) is 0 Å². The molecule has 0 fully saturated rings. The van der Waals surface area contributed by atoms with Crippen LogP contribution < -0.4 is 18.9 Å². The van der Waals surface area contributed by atoms with Crippen molar-refractivity contribution >= 4 is 0 Å². The van der Waals surface area contributed by atoms with E-state index in [0.29, 0.717) is 17.2 Å². The van der Waals surface area contributed by atoms with Gasteiger partial charge in [0.2, 0.25) is 0 Å². The Bertz CT molecular complexity index is 1130. The normalized spacial score (nSPS) is 13.3. The van der Waals surface area contributed by atoms with E-state index in [-0.39, 0.29) is 5.75 Å². The molecule has 0 radical (unpaired) electrons. The SMILES string of the molecule is COc1ccc(-c2c(O)c(OC)cc3c2CN(CCc2ccccc2OC)CC3)c(OC)c1. The monoisotopic (exact) mass is 449 g/mol. The summed E-state index contributed by atoms with van der Waals surface area (Å²) in [6.45, 7) is 2.56. The molecule has 6 heteroatoms. The second-order valence-electron chi connectivity index (χ2n) is 8.09. The minimum atomic E-state index is 0.131. The summed E-state index contributed by atoms with van der Waals surface area (Å²) in [6, 6.07) is 15.8. The van der Waals surface area contributed by atoms with Gasteiger partial charge in [0.05, 0.1) is 28.4 Å². The van der Waals surface area contributed by atoms with Crippen molar-refractivity contribution in [3.8, 4) is 39.9 Å². The second-order valence-corrected chi connectivity index (χ2v) is 8.09. The Kier molecular flexibility index (Phi) is 6.94. The molecule has 0 aromatic heterocycles. The Hall–Kier alpha value is -3.38. The molecule has 0 unspecified atom stereocenters. The number of methoxy groups -OCH3 is 4. The van der Waals surface area contributed by atoms with Gasteiger partial charge >= 0.3 is 0 Å². The van der Waals surface area contributed by atoms with E-state index in [1.165, 1.54) is 11.1 Å². The molecule has 0 spiro atoms. The zero-order valence-corrected chi connectivity index (χ0v) is 19.7. The highest BCUT2D eigenvalue weighted by atomic mass is 16.5. The van der Waals surface area contributed by atoms with Crippen LogP contribution in [0.3, 0.4) is 0 Å². The molecule has 33 heavy (non-hydrogen) atoms. The van der Waals surface area contributed by atoms with Crippen molar-refractivity contribution in [2.45, 2.75) is 19.4 Å². The van der Waals surface area contributed by atoms with E-state index in [4.69, 9.17) is 18.9 Å². The summed E-state index contributed by atoms with van der Waals surface area (Å²) in [5.41, 5.74) is 5.05. The zero-order valence-electron chi connectivity index (χ0n) is 19.7. The Morgan fingerprint density at radius 1 is 0.848 bits per heavy atom. The van der Waals surface area contributed by atoms with Crippen LogP contribution in [0, 0.1) is 0 Å². The van der Waals surface area contributed by atoms with Crippen molar-refractivity contribution in [3.05, 3.63) is 65.2 Å². The summed E-state index contributed by atoms with van der Waals surface area (Å²) >= 11 is 0. The lowest BCUT2D eigenvalue weighted by molar-refractivity contribution is 0.255. The topological polar surface area (TPSA) is 60.4 Å². The average Bonchev–Trinajstić information content (AvgIpc) is 2.87. The fraction of sp³-hybridized carbons (Fsp3) is 0.333. The molecular weight excluding hydrogens is 418 g/mol. The zero-order chi connectivity index (χ0) is 23.4. The molecule has 0 saturated heterocycles. The number of phenolic OH excluding ortho intramolecular Hbond substituents is 1. The van der Waals surface area contributed by atoms with Crippen molar-refractivity contribution in [1.29, 1.82) is 0 Å². The molecule has 0 bridgehead atoms. The van der Waals surface area contributed by atoms with Gasteiger partial charge in [0, 0.05) is 36.8 Å². The summed E-state index contributed by atoms with van der Waals surface area (Å²) < 4.78 is 22.0. The van der Waals surface area contributed by atoms with Gasteiger partial charge in [0.1, 0.15) is 17.2 Å². The number of ether oxygens (including phenoxy) is 4. The molecule has 0 atom stereocenters. The smallest absolute Gasteiger partial charge is 0.166 e. The van der Waals surface area contributed by atoms with Crippen molar-refractivity contribution in [2.75, 3.05) is 41.5 Å². The molecule has 3 aromatic carbocycles. The van der Waals surface area contributed by atoms with Gasteiger partial charge in [0.15, 0.2) is 11.5 Å². The van der Waals surface area contributed by atoms with Crippen LogP contribution in [0.25, 0.3) is 11.1 Å². The highest BCUT2D eigenvalue weighted by molar-refractivity contribution is 5.82. The molecule has 0 aliphatic carbocycles. The molecule has 4 rings (SSSR count). The van der Waals surface area contributed by atoms with Gasteiger partial charge in [-0.25, -0.2) is 0 Å². The first-order valence-corrected chi connectivity index (χ1v) is 11.1. The summed E-state index contributed by atoms with van der Waals surface area (Å²) in [4.78, 5) is 2.42. The van der Waals surface area contributed by atoms with Crippen LogP contribution in [0.4, 0.5) is 0 Å². The summed E-state index contributed by atoms with van der Waals surface area (Å²) in [7, 11) is 6.54. The number of hydrogen-bond acceptors (Lipinski definition) is 6. The molecule has 1 aliphatic rings. The fourth-order valence-electron chi connectivity index (χ4n) is 4.55. The van der Waals surface area contributed by atoms with E-state index in [1.807, 2.05) is 42.5 Å². The third-order valence-corrected chi connectivity index (χ3v) is 6.33. The van der Waals surface area contributed by atoms with Crippen LogP contribution in [0.2, 0.25) is 0 Å². The fourth-order valence-corrected chi connectivity index (χ4v) is 4.55. The maximum Gasteiger partial charge on any atom is 0.166 e. The Morgan fingerprint density at radius 2 is 1.61 bits per heavy atom. The first-order valence-electron chi connectivity index (χ1n) is 11.1.